The Morgan fingerprint density at radius 2 is 2.00 bits per heavy atom. The van der Waals surface area contributed by atoms with Gasteiger partial charge in [-0.1, -0.05) is 26.2 Å². The molecule has 0 aromatic carbocycles. The lowest BCUT2D eigenvalue weighted by Crippen LogP contribution is -2.40. The van der Waals surface area contributed by atoms with E-state index in [0.29, 0.717) is 12.5 Å². The third kappa shape index (κ3) is 4.39. The van der Waals surface area contributed by atoms with Gasteiger partial charge in [-0.25, -0.2) is 8.42 Å². The van der Waals surface area contributed by atoms with Crippen LogP contribution in [-0.2, 0) is 15.2 Å². The highest BCUT2D eigenvalue weighted by molar-refractivity contribution is 7.67. The molecule has 1 rings (SSSR count). The van der Waals surface area contributed by atoms with Gasteiger partial charge < -0.3 is 0 Å². The van der Waals surface area contributed by atoms with E-state index in [1.165, 1.54) is 19.3 Å². The van der Waals surface area contributed by atoms with Gasteiger partial charge in [0.25, 0.3) is 11.0 Å². The van der Waals surface area contributed by atoms with Crippen LogP contribution >= 0.6 is 0 Å². The molecule has 0 saturated heterocycles. The molecule has 4 nitrogen and oxygen atoms in total. The maximum atomic E-state index is 10.4. The van der Waals surface area contributed by atoms with Crippen molar-refractivity contribution >= 4 is 11.0 Å². The molecule has 0 heterocycles. The van der Waals surface area contributed by atoms with Crippen LogP contribution in [0.2, 0.25) is 0 Å². The maximum Gasteiger partial charge on any atom is 0.258 e. The summed E-state index contributed by atoms with van der Waals surface area (Å²) in [6.45, 7) is 1.92. The zero-order chi connectivity index (χ0) is 10.4. The van der Waals surface area contributed by atoms with Crippen LogP contribution in [0.15, 0.2) is 0 Å². The van der Waals surface area contributed by atoms with Crippen LogP contribution in [0.4, 0.5) is 0 Å². The third-order valence-corrected chi connectivity index (χ3v) is 3.04. The van der Waals surface area contributed by atoms with Crippen molar-refractivity contribution in [2.24, 2.45) is 0 Å². The summed E-state index contributed by atoms with van der Waals surface area (Å²) in [6, 6.07) is 0.434. The Bertz CT molecular complexity index is 216. The van der Waals surface area contributed by atoms with E-state index in [0.717, 1.165) is 12.8 Å². The van der Waals surface area contributed by atoms with E-state index in [2.05, 4.69) is 5.32 Å². The molecule has 1 N–H and O–H groups in total. The van der Waals surface area contributed by atoms with Gasteiger partial charge in [-0.2, -0.15) is 0 Å². The Morgan fingerprint density at radius 1 is 1.36 bits per heavy atom. The van der Waals surface area contributed by atoms with Crippen LogP contribution < -0.4 is 5.32 Å². The molecule has 5 heteroatoms. The molecule has 0 aromatic rings. The van der Waals surface area contributed by atoms with Crippen molar-refractivity contribution in [3.63, 3.8) is 0 Å². The van der Waals surface area contributed by atoms with Gasteiger partial charge in [0, 0.05) is 6.04 Å². The predicted octanol–water partition coefficient (Wildman–Crippen LogP) is 1.19. The minimum atomic E-state index is -2.74. The Morgan fingerprint density at radius 3 is 2.50 bits per heavy atom. The summed E-state index contributed by atoms with van der Waals surface area (Å²) < 4.78 is 25.5. The third-order valence-electron chi connectivity index (χ3n) is 2.61. The quantitative estimate of drug-likeness (QED) is 0.541. The van der Waals surface area contributed by atoms with E-state index in [4.69, 9.17) is 4.18 Å². The topological polar surface area (TPSA) is 55.4 Å². The lowest BCUT2D eigenvalue weighted by atomic mass is 9.95. The van der Waals surface area contributed by atoms with Crippen molar-refractivity contribution in [2.45, 2.75) is 57.7 Å². The molecular formula is C9H19NO3S. The molecule has 0 radical (unpaired) electrons. The Hall–Kier alpha value is -0.130. The van der Waals surface area contributed by atoms with Gasteiger partial charge in [0.15, 0.2) is 0 Å². The number of rotatable bonds is 5. The second-order valence-electron chi connectivity index (χ2n) is 3.73. The first kappa shape index (κ1) is 11.9. The van der Waals surface area contributed by atoms with Crippen molar-refractivity contribution < 1.29 is 12.6 Å². The second-order valence-corrected chi connectivity index (χ2v) is 4.39. The first-order valence-corrected chi connectivity index (χ1v) is 6.39. The summed E-state index contributed by atoms with van der Waals surface area (Å²) in [6.07, 6.45) is 6.38. The predicted molar refractivity (Wildman–Crippen MR) is 55.5 cm³/mol. The fourth-order valence-corrected chi connectivity index (χ4v) is 2.28. The molecule has 0 aromatic heterocycles. The van der Waals surface area contributed by atoms with Crippen molar-refractivity contribution in [2.75, 3.05) is 0 Å². The monoisotopic (exact) mass is 221 g/mol. The molecule has 1 aliphatic carbocycles. The fourth-order valence-electron chi connectivity index (χ4n) is 1.86. The zero-order valence-electron chi connectivity index (χ0n) is 8.57. The first-order valence-electron chi connectivity index (χ1n) is 5.29. The van der Waals surface area contributed by atoms with Crippen molar-refractivity contribution in [1.82, 2.24) is 5.32 Å². The van der Waals surface area contributed by atoms with E-state index >= 15 is 0 Å². The summed E-state index contributed by atoms with van der Waals surface area (Å²) in [7, 11) is -2.74. The highest BCUT2D eigenvalue weighted by Crippen LogP contribution is 2.18. The van der Waals surface area contributed by atoms with E-state index in [9.17, 15) is 8.42 Å². The van der Waals surface area contributed by atoms with Gasteiger partial charge in [-0.3, -0.25) is 9.50 Å². The van der Waals surface area contributed by atoms with Crippen LogP contribution in [0.3, 0.4) is 0 Å². The summed E-state index contributed by atoms with van der Waals surface area (Å²) in [5.74, 6) is 0. The van der Waals surface area contributed by atoms with Crippen LogP contribution in [0.25, 0.3) is 0 Å². The van der Waals surface area contributed by atoms with Crippen molar-refractivity contribution in [3.8, 4) is 0 Å². The molecule has 0 spiro atoms. The van der Waals surface area contributed by atoms with E-state index < -0.39 is 11.0 Å². The molecular weight excluding hydrogens is 202 g/mol. The lowest BCUT2D eigenvalue weighted by Gasteiger charge is -2.26. The largest absolute Gasteiger partial charge is 0.288 e. The van der Waals surface area contributed by atoms with Gasteiger partial charge in [0.05, 0.1) is 0 Å². The summed E-state index contributed by atoms with van der Waals surface area (Å²) in [4.78, 5) is 0. The Balaban J connectivity index is 2.30. The number of hydrogen-bond donors (Lipinski definition) is 2. The molecule has 14 heavy (non-hydrogen) atoms. The smallest absolute Gasteiger partial charge is 0.258 e. The number of hydrogen-bond acceptors (Lipinski definition) is 4. The highest BCUT2D eigenvalue weighted by atomic mass is 32.2. The molecule has 1 unspecified atom stereocenters. The van der Waals surface area contributed by atoms with E-state index in [1.807, 2.05) is 6.92 Å². The normalized spacial score (nSPS) is 21.3. The molecule has 1 saturated carbocycles. The number of nitrogens with one attached hydrogen (secondary N) is 1. The minimum Gasteiger partial charge on any atom is -0.288 e. The molecule has 1 atom stereocenters. The average molecular weight is 221 g/mol. The van der Waals surface area contributed by atoms with Crippen LogP contribution in [0, 0.1) is 0 Å². The van der Waals surface area contributed by atoms with Gasteiger partial charge in [-0.05, 0) is 19.3 Å². The van der Waals surface area contributed by atoms with Crippen LogP contribution in [0.5, 0.6) is 0 Å². The molecule has 0 bridgehead atoms. The number of thiol groups is 1. The molecule has 84 valence electrons. The van der Waals surface area contributed by atoms with Crippen LogP contribution in [0.1, 0.15) is 45.4 Å². The second kappa shape index (κ2) is 6.37. The van der Waals surface area contributed by atoms with Crippen LogP contribution in [-0.4, -0.2) is 20.7 Å². The molecule has 0 aliphatic heterocycles. The van der Waals surface area contributed by atoms with Gasteiger partial charge in [0.1, 0.15) is 6.23 Å². The van der Waals surface area contributed by atoms with Crippen molar-refractivity contribution in [1.29, 1.82) is 0 Å². The molecule has 1 aliphatic rings. The SMILES string of the molecule is CCC(NC1CCCCC1)O[SH](=O)=O. The maximum absolute atomic E-state index is 10.4. The van der Waals surface area contributed by atoms with Gasteiger partial charge in [-0.15, -0.1) is 0 Å². The summed E-state index contributed by atoms with van der Waals surface area (Å²) in [5, 5.41) is 3.23. The van der Waals surface area contributed by atoms with E-state index in [1.54, 1.807) is 0 Å². The van der Waals surface area contributed by atoms with E-state index in [-0.39, 0.29) is 6.23 Å². The Kier molecular flexibility index (Phi) is 5.44. The van der Waals surface area contributed by atoms with Crippen molar-refractivity contribution in [3.05, 3.63) is 0 Å². The highest BCUT2D eigenvalue weighted by Gasteiger charge is 2.17. The molecule has 0 amide bonds. The zero-order valence-corrected chi connectivity index (χ0v) is 9.46. The molecule has 1 fully saturated rings. The van der Waals surface area contributed by atoms with Gasteiger partial charge in [0.2, 0.25) is 0 Å². The summed E-state index contributed by atoms with van der Waals surface area (Å²) in [5.41, 5.74) is 0. The first-order chi connectivity index (χ1) is 6.72. The minimum absolute atomic E-state index is 0.334. The standard InChI is InChI=1S/C9H19NO3S/c1-2-9(13-14(11)12)10-8-6-4-3-5-7-8/h8-10,14H,2-7H2,1H3. The Labute approximate surface area is 87.2 Å². The summed E-state index contributed by atoms with van der Waals surface area (Å²) >= 11 is 0. The average Bonchev–Trinajstić information content (AvgIpc) is 2.17. The lowest BCUT2D eigenvalue weighted by molar-refractivity contribution is 0.146. The fraction of sp³-hybridized carbons (Fsp3) is 1.00. The van der Waals surface area contributed by atoms with Gasteiger partial charge >= 0.3 is 0 Å².